The summed E-state index contributed by atoms with van der Waals surface area (Å²) in [4.78, 5) is 36.1. The molecule has 3 N–H and O–H groups in total. The van der Waals surface area contributed by atoms with Crippen LogP contribution in [0.3, 0.4) is 0 Å². The van der Waals surface area contributed by atoms with E-state index in [2.05, 4.69) is 21.2 Å². The lowest BCUT2D eigenvalue weighted by Gasteiger charge is -2.13. The summed E-state index contributed by atoms with van der Waals surface area (Å²) in [5.41, 5.74) is 3.13. The van der Waals surface area contributed by atoms with Gasteiger partial charge in [-0.1, -0.05) is 6.07 Å². The maximum atomic E-state index is 12.3. The van der Waals surface area contributed by atoms with Crippen molar-refractivity contribution in [1.29, 1.82) is 0 Å². The lowest BCUT2D eigenvalue weighted by atomic mass is 10.2. The number of ether oxygens (including phenoxy) is 3. The summed E-state index contributed by atoms with van der Waals surface area (Å²) >= 11 is 0. The maximum absolute atomic E-state index is 12.3. The largest absolute Gasteiger partial charge is 0.497 e. The highest BCUT2D eigenvalue weighted by Gasteiger charge is 2.14. The third-order valence-corrected chi connectivity index (χ3v) is 4.53. The molecule has 0 aliphatic carbocycles. The number of hydrogen-bond donors (Lipinski definition) is 3. The van der Waals surface area contributed by atoms with Crippen LogP contribution >= 0.6 is 0 Å². The van der Waals surface area contributed by atoms with Crippen molar-refractivity contribution in [3.63, 3.8) is 0 Å². The molecular formula is C24H24N4O7. The number of amides is 3. The molecule has 0 fully saturated rings. The summed E-state index contributed by atoms with van der Waals surface area (Å²) in [6, 6.07) is 15.1. The molecule has 0 bridgehead atoms. The summed E-state index contributed by atoms with van der Waals surface area (Å²) in [7, 11) is 3.00. The van der Waals surface area contributed by atoms with Crippen LogP contribution in [-0.4, -0.2) is 44.8 Å². The quantitative estimate of drug-likeness (QED) is 0.229. The van der Waals surface area contributed by atoms with E-state index in [0.717, 1.165) is 0 Å². The normalized spacial score (nSPS) is 10.5. The van der Waals surface area contributed by atoms with E-state index in [0.29, 0.717) is 28.5 Å². The van der Waals surface area contributed by atoms with Crippen LogP contribution in [-0.2, 0) is 20.9 Å². The van der Waals surface area contributed by atoms with E-state index >= 15 is 0 Å². The molecule has 1 heterocycles. The van der Waals surface area contributed by atoms with Crippen LogP contribution in [0.1, 0.15) is 11.3 Å². The number of nitrogens with zero attached hydrogens (tertiary/aromatic N) is 1. The van der Waals surface area contributed by atoms with Gasteiger partial charge in [-0.05, 0) is 48.5 Å². The molecule has 0 atom stereocenters. The predicted molar refractivity (Wildman–Crippen MR) is 126 cm³/mol. The van der Waals surface area contributed by atoms with Crippen LogP contribution in [0, 0.1) is 0 Å². The summed E-state index contributed by atoms with van der Waals surface area (Å²) in [6.07, 6.45) is 2.74. The van der Waals surface area contributed by atoms with E-state index in [-0.39, 0.29) is 18.9 Å². The second-order valence-corrected chi connectivity index (χ2v) is 6.91. The number of anilines is 1. The molecule has 0 saturated heterocycles. The number of para-hydroxylation sites is 1. The molecule has 0 aliphatic heterocycles. The van der Waals surface area contributed by atoms with Gasteiger partial charge in [-0.15, -0.1) is 0 Å². The molecule has 0 unspecified atom stereocenters. The van der Waals surface area contributed by atoms with Crippen molar-refractivity contribution in [3.8, 4) is 17.2 Å². The Balaban J connectivity index is 1.57. The van der Waals surface area contributed by atoms with Crippen molar-refractivity contribution in [2.24, 2.45) is 5.10 Å². The molecule has 0 radical (unpaired) electrons. The van der Waals surface area contributed by atoms with Crippen LogP contribution in [0.15, 0.2) is 70.4 Å². The Hall–Kier alpha value is -4.80. The fourth-order valence-corrected chi connectivity index (χ4v) is 2.83. The number of furan rings is 1. The molecule has 1 aromatic heterocycles. The van der Waals surface area contributed by atoms with Crippen LogP contribution in [0.2, 0.25) is 0 Å². The Kier molecular flexibility index (Phi) is 8.83. The fraction of sp³-hybridized carbons (Fsp3) is 0.167. The Morgan fingerprint density at radius 3 is 2.46 bits per heavy atom. The molecule has 0 aliphatic rings. The van der Waals surface area contributed by atoms with Crippen molar-refractivity contribution in [3.05, 3.63) is 72.2 Å². The monoisotopic (exact) mass is 480 g/mol. The van der Waals surface area contributed by atoms with E-state index in [9.17, 15) is 14.4 Å². The van der Waals surface area contributed by atoms with Crippen molar-refractivity contribution >= 4 is 29.6 Å². The highest BCUT2D eigenvalue weighted by molar-refractivity contribution is 6.35. The minimum Gasteiger partial charge on any atom is -0.497 e. The lowest BCUT2D eigenvalue weighted by molar-refractivity contribution is -0.139. The van der Waals surface area contributed by atoms with Gasteiger partial charge in [0.1, 0.15) is 11.5 Å². The Labute approximate surface area is 201 Å². The first-order valence-electron chi connectivity index (χ1n) is 10.4. The second kappa shape index (κ2) is 12.4. The van der Waals surface area contributed by atoms with E-state index in [1.165, 1.54) is 19.6 Å². The van der Waals surface area contributed by atoms with E-state index in [1.807, 2.05) is 0 Å². The van der Waals surface area contributed by atoms with Crippen LogP contribution in [0.25, 0.3) is 0 Å². The molecule has 2 aromatic carbocycles. The summed E-state index contributed by atoms with van der Waals surface area (Å²) in [6.45, 7) is -0.246. The van der Waals surface area contributed by atoms with Gasteiger partial charge in [-0.2, -0.15) is 5.10 Å². The topological polar surface area (TPSA) is 140 Å². The maximum Gasteiger partial charge on any atom is 0.329 e. The predicted octanol–water partition coefficient (Wildman–Crippen LogP) is 2.08. The number of hydrogen-bond acceptors (Lipinski definition) is 8. The third-order valence-electron chi connectivity index (χ3n) is 4.53. The van der Waals surface area contributed by atoms with E-state index in [4.69, 9.17) is 18.6 Å². The third kappa shape index (κ3) is 7.35. The van der Waals surface area contributed by atoms with Crippen LogP contribution < -0.4 is 30.3 Å². The van der Waals surface area contributed by atoms with Gasteiger partial charge in [0.15, 0.2) is 18.1 Å². The number of benzene rings is 2. The minimum absolute atomic E-state index is 0.0649. The number of methoxy groups -OCH3 is 2. The SMILES string of the molecule is COc1ccc(NC(=O)COc2c(/C=N\NC(=O)C(=O)NCc3ccco3)cccc2OC)cc1. The van der Waals surface area contributed by atoms with Crippen molar-refractivity contribution in [2.45, 2.75) is 6.54 Å². The number of carbonyl (C=O) groups is 3. The zero-order chi connectivity index (χ0) is 25.0. The van der Waals surface area contributed by atoms with Gasteiger partial charge in [0, 0.05) is 11.3 Å². The zero-order valence-electron chi connectivity index (χ0n) is 19.1. The van der Waals surface area contributed by atoms with Crippen LogP contribution in [0.4, 0.5) is 5.69 Å². The van der Waals surface area contributed by atoms with Gasteiger partial charge in [0.05, 0.1) is 33.2 Å². The van der Waals surface area contributed by atoms with Crippen LogP contribution in [0.5, 0.6) is 17.2 Å². The Morgan fingerprint density at radius 1 is 0.971 bits per heavy atom. The summed E-state index contributed by atoms with van der Waals surface area (Å²) in [5, 5.41) is 8.92. The highest BCUT2D eigenvalue weighted by atomic mass is 16.5. The van der Waals surface area contributed by atoms with E-state index < -0.39 is 17.7 Å². The first kappa shape index (κ1) is 24.8. The lowest BCUT2D eigenvalue weighted by Crippen LogP contribution is -2.37. The molecule has 11 nitrogen and oxygen atoms in total. The van der Waals surface area contributed by atoms with Gasteiger partial charge in [0.25, 0.3) is 5.91 Å². The molecule has 11 heteroatoms. The number of nitrogens with one attached hydrogen (secondary N) is 3. The smallest absolute Gasteiger partial charge is 0.329 e. The number of rotatable bonds is 10. The fourth-order valence-electron chi connectivity index (χ4n) is 2.83. The Bertz CT molecular complexity index is 1180. The first-order chi connectivity index (χ1) is 17.0. The molecule has 3 aromatic rings. The van der Waals surface area contributed by atoms with Crippen molar-refractivity contribution in [1.82, 2.24) is 10.7 Å². The van der Waals surface area contributed by atoms with E-state index in [1.54, 1.807) is 61.7 Å². The average Bonchev–Trinajstić information content (AvgIpc) is 3.40. The number of carbonyl (C=O) groups excluding carboxylic acids is 3. The Morgan fingerprint density at radius 2 is 1.77 bits per heavy atom. The summed E-state index contributed by atoms with van der Waals surface area (Å²) in [5.74, 6) is -0.476. The van der Waals surface area contributed by atoms with Gasteiger partial charge >= 0.3 is 11.8 Å². The molecule has 182 valence electrons. The molecule has 0 spiro atoms. The second-order valence-electron chi connectivity index (χ2n) is 6.91. The van der Waals surface area contributed by atoms with Crippen molar-refractivity contribution in [2.75, 3.05) is 26.1 Å². The molecule has 3 rings (SSSR count). The zero-order valence-corrected chi connectivity index (χ0v) is 19.1. The molecule has 35 heavy (non-hydrogen) atoms. The van der Waals surface area contributed by atoms with Gasteiger partial charge in [-0.25, -0.2) is 5.43 Å². The first-order valence-corrected chi connectivity index (χ1v) is 10.4. The average molecular weight is 480 g/mol. The molecule has 3 amide bonds. The minimum atomic E-state index is -0.961. The highest BCUT2D eigenvalue weighted by Crippen LogP contribution is 2.30. The standard InChI is InChI=1S/C24H24N4O7/c1-32-18-10-8-17(9-11-18)27-21(29)15-35-22-16(5-3-7-20(22)33-2)13-26-28-24(31)23(30)25-14-19-6-4-12-34-19/h3-13H,14-15H2,1-2H3,(H,25,30)(H,27,29)(H,28,31)/b26-13-. The van der Waals surface area contributed by atoms with Crippen molar-refractivity contribution < 1.29 is 33.0 Å². The van der Waals surface area contributed by atoms with Gasteiger partial charge in [0.2, 0.25) is 0 Å². The van der Waals surface area contributed by atoms with Gasteiger partial charge in [-0.3, -0.25) is 14.4 Å². The van der Waals surface area contributed by atoms with Gasteiger partial charge < -0.3 is 29.3 Å². The number of hydrazone groups is 1. The summed E-state index contributed by atoms with van der Waals surface area (Å²) < 4.78 is 21.1. The molecule has 0 saturated carbocycles. The molecular weight excluding hydrogens is 456 g/mol.